The van der Waals surface area contributed by atoms with E-state index in [1.165, 1.54) is 6.26 Å². The molecule has 2 aromatic carbocycles. The average molecular weight is 574 g/mol. The molecule has 0 amide bonds. The first-order chi connectivity index (χ1) is 19.6. The van der Waals surface area contributed by atoms with Crippen molar-refractivity contribution in [2.75, 3.05) is 70.3 Å². The molecule has 3 aromatic heterocycles. The van der Waals surface area contributed by atoms with Gasteiger partial charge in [0.05, 0.1) is 28.8 Å². The van der Waals surface area contributed by atoms with Gasteiger partial charge < -0.3 is 20.0 Å². The lowest BCUT2D eigenvalue weighted by molar-refractivity contribution is 0.313. The van der Waals surface area contributed by atoms with Gasteiger partial charge in [-0.2, -0.15) is 10.1 Å². The molecule has 0 aliphatic carbocycles. The van der Waals surface area contributed by atoms with Gasteiger partial charge in [-0.05, 0) is 63.6 Å². The van der Waals surface area contributed by atoms with Gasteiger partial charge in [-0.25, -0.2) is 12.9 Å². The molecule has 0 unspecified atom stereocenters. The number of aromatic nitrogens is 5. The van der Waals surface area contributed by atoms with Crippen LogP contribution in [-0.4, -0.2) is 103 Å². The Morgan fingerprint density at radius 2 is 1.80 bits per heavy atom. The van der Waals surface area contributed by atoms with E-state index in [0.29, 0.717) is 17.3 Å². The molecular formula is C29H35N9O2S. The summed E-state index contributed by atoms with van der Waals surface area (Å²) < 4.78 is 28.9. The van der Waals surface area contributed by atoms with Crippen molar-refractivity contribution in [2.24, 2.45) is 0 Å². The number of anilines is 3. The maximum Gasteiger partial charge on any atom is 0.247 e. The number of piperazine rings is 1. The topological polar surface area (TPSA) is 104 Å². The highest BCUT2D eigenvalue weighted by Crippen LogP contribution is 2.29. The molecule has 0 bridgehead atoms. The largest absolute Gasteiger partial charge is 0.369 e. The summed E-state index contributed by atoms with van der Waals surface area (Å²) in [6.07, 6.45) is 3.13. The monoisotopic (exact) mass is 573 g/mol. The minimum absolute atomic E-state index is 0.264. The number of nitrogens with zero attached hydrogens (tertiary/aromatic N) is 8. The van der Waals surface area contributed by atoms with Crippen LogP contribution in [0.25, 0.3) is 27.8 Å². The minimum atomic E-state index is -3.41. The lowest BCUT2D eigenvalue weighted by Crippen LogP contribution is -2.44. The lowest BCUT2D eigenvalue weighted by Gasteiger charge is -2.34. The molecule has 0 spiro atoms. The first kappa shape index (κ1) is 27.2. The van der Waals surface area contributed by atoms with E-state index in [0.717, 1.165) is 67.1 Å². The smallest absolute Gasteiger partial charge is 0.247 e. The lowest BCUT2D eigenvalue weighted by atomic mass is 10.1. The fraction of sp³-hybridized carbons (Fsp3) is 0.345. The van der Waals surface area contributed by atoms with Crippen molar-refractivity contribution in [2.45, 2.75) is 11.4 Å². The van der Waals surface area contributed by atoms with E-state index in [4.69, 9.17) is 10.1 Å². The van der Waals surface area contributed by atoms with Crippen LogP contribution in [0.4, 0.5) is 17.3 Å². The van der Waals surface area contributed by atoms with Gasteiger partial charge in [0.2, 0.25) is 5.95 Å². The molecule has 1 fully saturated rings. The van der Waals surface area contributed by atoms with Crippen LogP contribution >= 0.6 is 0 Å². The summed E-state index contributed by atoms with van der Waals surface area (Å²) >= 11 is 0. The van der Waals surface area contributed by atoms with Gasteiger partial charge >= 0.3 is 0 Å². The summed E-state index contributed by atoms with van der Waals surface area (Å²) in [6, 6.07) is 17.5. The molecule has 0 saturated carbocycles. The van der Waals surface area contributed by atoms with E-state index in [9.17, 15) is 8.42 Å². The van der Waals surface area contributed by atoms with E-state index < -0.39 is 9.84 Å². The Balaban J connectivity index is 1.32. The molecule has 1 aliphatic heterocycles. The molecule has 1 saturated heterocycles. The molecule has 214 valence electrons. The predicted octanol–water partition coefficient (Wildman–Crippen LogP) is 3.21. The Labute approximate surface area is 239 Å². The molecule has 6 rings (SSSR count). The van der Waals surface area contributed by atoms with Crippen LogP contribution in [0.5, 0.6) is 0 Å². The number of nitrogens with one attached hydrogen (secondary N) is 1. The molecule has 0 radical (unpaired) electrons. The van der Waals surface area contributed by atoms with Gasteiger partial charge in [-0.1, -0.05) is 12.1 Å². The van der Waals surface area contributed by atoms with Crippen LogP contribution in [0.1, 0.15) is 0 Å². The zero-order valence-corrected chi connectivity index (χ0v) is 24.6. The maximum atomic E-state index is 12.5. The van der Waals surface area contributed by atoms with Crippen molar-refractivity contribution in [1.29, 1.82) is 0 Å². The number of likely N-dealkylation sites (N-methyl/N-ethyl adjacent to an activating group) is 2. The Bertz CT molecular complexity index is 1820. The molecule has 4 heterocycles. The molecule has 5 aromatic rings. The number of sulfone groups is 1. The minimum Gasteiger partial charge on any atom is -0.369 e. The summed E-state index contributed by atoms with van der Waals surface area (Å²) in [5.74, 6) is 0.394. The maximum absolute atomic E-state index is 12.5. The van der Waals surface area contributed by atoms with Gasteiger partial charge in [0.1, 0.15) is 0 Å². The van der Waals surface area contributed by atoms with Crippen molar-refractivity contribution < 1.29 is 8.42 Å². The fourth-order valence-corrected chi connectivity index (χ4v) is 5.82. The molecule has 41 heavy (non-hydrogen) atoms. The van der Waals surface area contributed by atoms with E-state index in [-0.39, 0.29) is 4.90 Å². The van der Waals surface area contributed by atoms with Crippen LogP contribution in [-0.2, 0) is 16.4 Å². The highest BCUT2D eigenvalue weighted by atomic mass is 32.2. The summed E-state index contributed by atoms with van der Waals surface area (Å²) in [4.78, 5) is 11.6. The van der Waals surface area contributed by atoms with E-state index in [2.05, 4.69) is 64.5 Å². The summed E-state index contributed by atoms with van der Waals surface area (Å²) in [5.41, 5.74) is 5.17. The molecule has 1 N–H and O–H groups in total. The highest BCUT2D eigenvalue weighted by Gasteiger charge is 2.19. The molecule has 1 aliphatic rings. The number of fused-ring (bicyclic) bond motifs is 2. The zero-order valence-electron chi connectivity index (χ0n) is 23.8. The van der Waals surface area contributed by atoms with E-state index >= 15 is 0 Å². The third-order valence-corrected chi connectivity index (χ3v) is 8.59. The summed E-state index contributed by atoms with van der Waals surface area (Å²) in [6.45, 7) is 5.24. The number of rotatable bonds is 8. The van der Waals surface area contributed by atoms with Gasteiger partial charge in [0, 0.05) is 61.3 Å². The fourth-order valence-electron chi connectivity index (χ4n) is 5.14. The highest BCUT2D eigenvalue weighted by molar-refractivity contribution is 7.90. The van der Waals surface area contributed by atoms with Crippen LogP contribution in [0, 0.1) is 0 Å². The number of hydrogen-bond acceptors (Lipinski definition) is 9. The molecule has 12 heteroatoms. The second kappa shape index (κ2) is 10.8. The van der Waals surface area contributed by atoms with Gasteiger partial charge in [0.25, 0.3) is 0 Å². The first-order valence-corrected chi connectivity index (χ1v) is 15.6. The quantitative estimate of drug-likeness (QED) is 0.300. The van der Waals surface area contributed by atoms with Crippen LogP contribution in [0.15, 0.2) is 65.7 Å². The van der Waals surface area contributed by atoms with Gasteiger partial charge in [0.15, 0.2) is 15.5 Å². The number of pyridine rings is 1. The SMILES string of the molecule is CN(C)CCn1ncc2cc(-c3cccc4nc(Nc5cc(N6CCN(C)CC6)cc(S(C)(=O)=O)c5)nn34)ccc21. The first-order valence-electron chi connectivity index (χ1n) is 13.7. The Hall–Kier alpha value is -4.00. The Morgan fingerprint density at radius 1 is 1.00 bits per heavy atom. The second-order valence-electron chi connectivity index (χ2n) is 11.0. The van der Waals surface area contributed by atoms with Crippen LogP contribution < -0.4 is 10.2 Å². The second-order valence-corrected chi connectivity index (χ2v) is 13.0. The van der Waals surface area contributed by atoms with Crippen molar-refractivity contribution in [3.8, 4) is 11.3 Å². The number of hydrogen-bond donors (Lipinski definition) is 1. The van der Waals surface area contributed by atoms with Crippen molar-refractivity contribution >= 4 is 43.7 Å². The standard InChI is InChI=1S/C29H35N9O2S/c1-34(2)10-15-37-26-9-8-21(16-22(26)20-30-37)27-6-5-7-28-32-29(33-38(27)28)31-23-17-24(19-25(18-23)41(4,39)40)36-13-11-35(3)12-14-36/h5-9,16-20H,10-15H2,1-4H3,(H,31,33). The molecular weight excluding hydrogens is 538 g/mol. The zero-order chi connectivity index (χ0) is 28.7. The third-order valence-electron chi connectivity index (χ3n) is 7.50. The predicted molar refractivity (Wildman–Crippen MR) is 163 cm³/mol. The van der Waals surface area contributed by atoms with Crippen molar-refractivity contribution in [3.05, 3.63) is 60.8 Å². The molecule has 0 atom stereocenters. The summed E-state index contributed by atoms with van der Waals surface area (Å²) in [7, 11) is 2.79. The van der Waals surface area contributed by atoms with Gasteiger partial charge in [-0.15, -0.1) is 5.10 Å². The van der Waals surface area contributed by atoms with Crippen LogP contribution in [0.3, 0.4) is 0 Å². The Morgan fingerprint density at radius 3 is 2.56 bits per heavy atom. The van der Waals surface area contributed by atoms with Crippen molar-refractivity contribution in [3.63, 3.8) is 0 Å². The molecule has 11 nitrogen and oxygen atoms in total. The van der Waals surface area contributed by atoms with E-state index in [1.54, 1.807) is 12.1 Å². The van der Waals surface area contributed by atoms with Crippen molar-refractivity contribution in [1.82, 2.24) is 34.2 Å². The third kappa shape index (κ3) is 5.76. The van der Waals surface area contributed by atoms with Crippen LogP contribution in [0.2, 0.25) is 0 Å². The normalized spacial score (nSPS) is 14.9. The average Bonchev–Trinajstić information content (AvgIpc) is 3.54. The summed E-state index contributed by atoms with van der Waals surface area (Å²) in [5, 5.41) is 13.7. The van der Waals surface area contributed by atoms with E-state index in [1.807, 2.05) is 39.7 Å². The number of benzene rings is 2. The Kier molecular flexibility index (Phi) is 7.14. The van der Waals surface area contributed by atoms with Gasteiger partial charge in [-0.3, -0.25) is 4.68 Å².